The van der Waals surface area contributed by atoms with Crippen LogP contribution in [0.5, 0.6) is 0 Å². The van der Waals surface area contributed by atoms with Gasteiger partial charge >= 0.3 is 0 Å². The van der Waals surface area contributed by atoms with E-state index in [9.17, 15) is 9.59 Å². The molecule has 27 heavy (non-hydrogen) atoms. The van der Waals surface area contributed by atoms with Gasteiger partial charge in [0.1, 0.15) is 6.54 Å². The molecule has 1 aliphatic carbocycles. The van der Waals surface area contributed by atoms with Crippen LogP contribution < -0.4 is 5.56 Å². The second kappa shape index (κ2) is 7.02. The van der Waals surface area contributed by atoms with Crippen molar-refractivity contribution in [3.63, 3.8) is 0 Å². The Morgan fingerprint density at radius 1 is 1.19 bits per heavy atom. The highest BCUT2D eigenvalue weighted by Crippen LogP contribution is 2.29. The van der Waals surface area contributed by atoms with E-state index >= 15 is 0 Å². The van der Waals surface area contributed by atoms with Gasteiger partial charge in [0.05, 0.1) is 0 Å². The van der Waals surface area contributed by atoms with Gasteiger partial charge < -0.3 is 9.47 Å². The average molecular weight is 364 g/mol. The van der Waals surface area contributed by atoms with Crippen molar-refractivity contribution in [3.8, 4) is 0 Å². The maximum absolute atomic E-state index is 13.0. The first-order valence-corrected chi connectivity index (χ1v) is 9.44. The van der Waals surface area contributed by atoms with Crippen molar-refractivity contribution in [2.45, 2.75) is 51.7 Å². The zero-order chi connectivity index (χ0) is 19.0. The molecule has 140 valence electrons. The van der Waals surface area contributed by atoms with E-state index in [1.807, 2.05) is 4.90 Å². The van der Waals surface area contributed by atoms with Crippen LogP contribution in [0, 0.1) is 0 Å². The quantitative estimate of drug-likeness (QED) is 0.676. The number of aromatic nitrogens is 3. The smallest absolute Gasteiger partial charge is 0.258 e. The van der Waals surface area contributed by atoms with E-state index in [-0.39, 0.29) is 18.0 Å². The fraction of sp³-hybridized carbons (Fsp3) is 0.381. The van der Waals surface area contributed by atoms with Crippen LogP contribution in [0.2, 0.25) is 0 Å². The van der Waals surface area contributed by atoms with E-state index in [0.29, 0.717) is 24.3 Å². The van der Waals surface area contributed by atoms with Crippen molar-refractivity contribution in [2.24, 2.45) is 0 Å². The van der Waals surface area contributed by atoms with Crippen LogP contribution in [-0.4, -0.2) is 30.8 Å². The van der Waals surface area contributed by atoms with Crippen molar-refractivity contribution in [1.82, 2.24) is 18.9 Å². The molecule has 6 nitrogen and oxygen atoms in total. The van der Waals surface area contributed by atoms with Crippen LogP contribution in [0.4, 0.5) is 0 Å². The molecule has 1 fully saturated rings. The molecule has 3 aromatic rings. The van der Waals surface area contributed by atoms with Gasteiger partial charge in [0.2, 0.25) is 11.7 Å². The summed E-state index contributed by atoms with van der Waals surface area (Å²) in [6.45, 7) is 5.16. The topological polar surface area (TPSA) is 59.6 Å². The second-order valence-corrected chi connectivity index (χ2v) is 7.53. The van der Waals surface area contributed by atoms with Crippen molar-refractivity contribution in [1.29, 1.82) is 0 Å². The average Bonchev–Trinajstić information content (AvgIpc) is 3.41. The number of hydrogen-bond donors (Lipinski definition) is 0. The fourth-order valence-electron chi connectivity index (χ4n) is 3.35. The van der Waals surface area contributed by atoms with Crippen LogP contribution in [-0.2, 0) is 17.9 Å². The number of carbonyl (C=O) groups is 1. The van der Waals surface area contributed by atoms with Gasteiger partial charge in [-0.25, -0.2) is 4.98 Å². The third-order valence-electron chi connectivity index (χ3n) is 5.13. The maximum atomic E-state index is 13.0. The molecule has 0 bridgehead atoms. The third-order valence-corrected chi connectivity index (χ3v) is 5.13. The van der Waals surface area contributed by atoms with Crippen LogP contribution in [0.15, 0.2) is 53.7 Å². The maximum Gasteiger partial charge on any atom is 0.258 e. The largest absolute Gasteiger partial charge is 0.334 e. The first-order valence-electron chi connectivity index (χ1n) is 9.44. The van der Waals surface area contributed by atoms with Crippen LogP contribution in [0.1, 0.15) is 43.7 Å². The predicted octanol–water partition coefficient (Wildman–Crippen LogP) is 2.81. The van der Waals surface area contributed by atoms with Gasteiger partial charge in [0, 0.05) is 37.2 Å². The van der Waals surface area contributed by atoms with E-state index in [2.05, 4.69) is 43.1 Å². The summed E-state index contributed by atoms with van der Waals surface area (Å²) >= 11 is 0. The Labute approximate surface area is 158 Å². The highest BCUT2D eigenvalue weighted by Gasteiger charge is 2.32. The van der Waals surface area contributed by atoms with Gasteiger partial charge in [-0.15, -0.1) is 0 Å². The van der Waals surface area contributed by atoms with Gasteiger partial charge in [0.25, 0.3) is 5.56 Å². The molecule has 0 aliphatic heterocycles. The lowest BCUT2D eigenvalue weighted by molar-refractivity contribution is -0.133. The Morgan fingerprint density at radius 2 is 1.93 bits per heavy atom. The van der Waals surface area contributed by atoms with Crippen molar-refractivity contribution < 1.29 is 4.79 Å². The van der Waals surface area contributed by atoms with Gasteiger partial charge in [-0.2, -0.15) is 0 Å². The molecule has 0 saturated heterocycles. The zero-order valence-electron chi connectivity index (χ0n) is 15.7. The second-order valence-electron chi connectivity index (χ2n) is 7.53. The van der Waals surface area contributed by atoms with Crippen LogP contribution in [0.3, 0.4) is 0 Å². The molecule has 1 aliphatic rings. The standard InChI is InChI=1S/C21H24N4O2/c1-15(2)17-5-3-16(4-6-17)13-25(18-7-8-18)20(27)14-23-11-12-24-19(26)9-10-22-21(23)24/h3-6,9-12,15,18H,7-8,13-14H2,1-2H3. The van der Waals surface area contributed by atoms with Crippen molar-refractivity contribution in [3.05, 3.63) is 70.4 Å². The molecule has 0 N–H and O–H groups in total. The molecule has 0 unspecified atom stereocenters. The Bertz CT molecular complexity index is 1010. The lowest BCUT2D eigenvalue weighted by Crippen LogP contribution is -2.35. The molecule has 2 heterocycles. The Hall–Kier alpha value is -2.89. The summed E-state index contributed by atoms with van der Waals surface area (Å²) in [5, 5.41) is 0. The first kappa shape index (κ1) is 17.5. The lowest BCUT2D eigenvalue weighted by atomic mass is 10.0. The summed E-state index contributed by atoms with van der Waals surface area (Å²) in [5.41, 5.74) is 2.31. The molecule has 1 amide bonds. The number of carbonyl (C=O) groups excluding carboxylic acids is 1. The van der Waals surface area contributed by atoms with E-state index < -0.39 is 0 Å². The summed E-state index contributed by atoms with van der Waals surface area (Å²) < 4.78 is 3.19. The monoisotopic (exact) mass is 364 g/mol. The number of nitrogens with zero attached hydrogens (tertiary/aromatic N) is 4. The molecule has 4 rings (SSSR count). The minimum absolute atomic E-state index is 0.0571. The Morgan fingerprint density at radius 3 is 2.59 bits per heavy atom. The first-order chi connectivity index (χ1) is 13.0. The number of benzene rings is 1. The number of fused-ring (bicyclic) bond motifs is 1. The van der Waals surface area contributed by atoms with Crippen molar-refractivity contribution >= 4 is 11.7 Å². The van der Waals surface area contributed by atoms with Crippen LogP contribution in [0.25, 0.3) is 5.78 Å². The van der Waals surface area contributed by atoms with E-state index in [1.165, 1.54) is 22.2 Å². The number of imidazole rings is 1. The molecule has 0 radical (unpaired) electrons. The number of rotatable bonds is 6. The minimum Gasteiger partial charge on any atom is -0.334 e. The molecule has 6 heteroatoms. The van der Waals surface area contributed by atoms with Gasteiger partial charge in [0.15, 0.2) is 0 Å². The Kier molecular flexibility index (Phi) is 4.56. The molecule has 1 saturated carbocycles. The molecule has 0 atom stereocenters. The number of hydrogen-bond acceptors (Lipinski definition) is 3. The molecule has 1 aromatic carbocycles. The molecular weight excluding hydrogens is 340 g/mol. The molecule has 2 aromatic heterocycles. The van der Waals surface area contributed by atoms with Gasteiger partial charge in [-0.1, -0.05) is 38.1 Å². The highest BCUT2D eigenvalue weighted by atomic mass is 16.2. The normalized spacial score (nSPS) is 14.0. The summed E-state index contributed by atoms with van der Waals surface area (Å²) in [7, 11) is 0. The van der Waals surface area contributed by atoms with E-state index in [0.717, 1.165) is 18.4 Å². The molecule has 0 spiro atoms. The van der Waals surface area contributed by atoms with Gasteiger partial charge in [-0.3, -0.25) is 14.0 Å². The summed E-state index contributed by atoms with van der Waals surface area (Å²) in [5.74, 6) is 1.05. The Balaban J connectivity index is 1.52. The van der Waals surface area contributed by atoms with Gasteiger partial charge in [-0.05, 0) is 29.9 Å². The van der Waals surface area contributed by atoms with Crippen LogP contribution >= 0.6 is 0 Å². The zero-order valence-corrected chi connectivity index (χ0v) is 15.7. The minimum atomic E-state index is -0.143. The van der Waals surface area contributed by atoms with Crippen molar-refractivity contribution in [2.75, 3.05) is 0 Å². The molecular formula is C21H24N4O2. The highest BCUT2D eigenvalue weighted by molar-refractivity contribution is 5.77. The third kappa shape index (κ3) is 3.65. The van der Waals surface area contributed by atoms with E-state index in [4.69, 9.17) is 0 Å². The summed E-state index contributed by atoms with van der Waals surface area (Å²) in [6.07, 6.45) is 6.99. The predicted molar refractivity (Wildman–Crippen MR) is 104 cm³/mol. The van der Waals surface area contributed by atoms with E-state index in [1.54, 1.807) is 17.0 Å². The SMILES string of the molecule is CC(C)c1ccc(CN(C(=O)Cn2ccn3c(=O)ccnc23)C2CC2)cc1. The summed E-state index contributed by atoms with van der Waals surface area (Å²) in [4.78, 5) is 31.1. The fourth-order valence-corrected chi connectivity index (χ4v) is 3.35. The lowest BCUT2D eigenvalue weighted by Gasteiger charge is -2.23. The summed E-state index contributed by atoms with van der Waals surface area (Å²) in [6, 6.07) is 10.3. The number of amides is 1.